The molecular formula is C19H18F3N5O2. The SMILES string of the molecule is CC(C)(O)CN/C(=N/C(=O)c1ccc(F)c(F)c1)Nc1n[nH]c2cc(F)ccc12. The highest BCUT2D eigenvalue weighted by atomic mass is 19.2. The average molecular weight is 405 g/mol. The summed E-state index contributed by atoms with van der Waals surface area (Å²) in [6.07, 6.45) is 0. The van der Waals surface area contributed by atoms with Gasteiger partial charge in [0.2, 0.25) is 5.96 Å². The Hall–Kier alpha value is -3.40. The van der Waals surface area contributed by atoms with Crippen LogP contribution >= 0.6 is 0 Å². The molecule has 0 bridgehead atoms. The zero-order valence-electron chi connectivity index (χ0n) is 15.6. The molecule has 1 amide bonds. The summed E-state index contributed by atoms with van der Waals surface area (Å²) < 4.78 is 39.8. The van der Waals surface area contributed by atoms with Crippen LogP contribution < -0.4 is 10.6 Å². The number of benzene rings is 2. The van der Waals surface area contributed by atoms with Crippen molar-refractivity contribution in [2.24, 2.45) is 4.99 Å². The fourth-order valence-corrected chi connectivity index (χ4v) is 2.41. The molecule has 0 aliphatic carbocycles. The van der Waals surface area contributed by atoms with Crippen molar-refractivity contribution < 1.29 is 23.1 Å². The molecule has 0 atom stereocenters. The third-order valence-corrected chi connectivity index (χ3v) is 3.83. The number of fused-ring (bicyclic) bond motifs is 1. The maximum atomic E-state index is 13.4. The number of carbonyl (C=O) groups excluding carboxylic acids is 1. The number of nitrogens with one attached hydrogen (secondary N) is 3. The van der Waals surface area contributed by atoms with Crippen molar-refractivity contribution >= 4 is 28.6 Å². The second-order valence-electron chi connectivity index (χ2n) is 6.95. The van der Waals surface area contributed by atoms with Crippen LogP contribution in [-0.4, -0.2) is 39.3 Å². The smallest absolute Gasteiger partial charge is 0.280 e. The van der Waals surface area contributed by atoms with Gasteiger partial charge in [0.05, 0.1) is 11.1 Å². The molecule has 2 aromatic carbocycles. The van der Waals surface area contributed by atoms with Crippen LogP contribution in [0.2, 0.25) is 0 Å². The fraction of sp³-hybridized carbons (Fsp3) is 0.211. The molecule has 1 heterocycles. The number of rotatable bonds is 4. The van der Waals surface area contributed by atoms with Crippen molar-refractivity contribution in [1.29, 1.82) is 0 Å². The molecule has 0 fully saturated rings. The van der Waals surface area contributed by atoms with E-state index >= 15 is 0 Å². The molecule has 10 heteroatoms. The number of amides is 1. The number of guanidine groups is 1. The number of hydrogen-bond donors (Lipinski definition) is 4. The Morgan fingerprint density at radius 3 is 2.62 bits per heavy atom. The first-order valence-electron chi connectivity index (χ1n) is 8.57. The van der Waals surface area contributed by atoms with Crippen molar-refractivity contribution in [3.63, 3.8) is 0 Å². The standard InChI is InChI=1S/C19H18F3N5O2/c1-19(2,29)9-23-18(25-17(28)10-3-6-13(21)14(22)7-10)24-16-12-5-4-11(20)8-15(12)26-27-16/h3-8,29H,9H2,1-2H3,(H3,23,24,25,26,27,28). The van der Waals surface area contributed by atoms with Gasteiger partial charge in [-0.05, 0) is 50.2 Å². The lowest BCUT2D eigenvalue weighted by molar-refractivity contribution is 0.0846. The van der Waals surface area contributed by atoms with E-state index in [9.17, 15) is 23.1 Å². The zero-order valence-corrected chi connectivity index (χ0v) is 15.6. The van der Waals surface area contributed by atoms with Crippen molar-refractivity contribution in [1.82, 2.24) is 15.5 Å². The summed E-state index contributed by atoms with van der Waals surface area (Å²) in [6, 6.07) is 6.65. The quantitative estimate of drug-likeness (QED) is 0.395. The summed E-state index contributed by atoms with van der Waals surface area (Å²) in [7, 11) is 0. The van der Waals surface area contributed by atoms with Crippen LogP contribution in [0.15, 0.2) is 41.4 Å². The number of halogens is 3. The zero-order chi connectivity index (χ0) is 21.2. The maximum Gasteiger partial charge on any atom is 0.280 e. The van der Waals surface area contributed by atoms with Crippen LogP contribution in [-0.2, 0) is 0 Å². The predicted octanol–water partition coefficient (Wildman–Crippen LogP) is 2.95. The summed E-state index contributed by atoms with van der Waals surface area (Å²) in [5.41, 5.74) is -0.881. The second-order valence-corrected chi connectivity index (χ2v) is 6.95. The van der Waals surface area contributed by atoms with E-state index in [0.717, 1.165) is 18.2 Å². The Balaban J connectivity index is 1.91. The lowest BCUT2D eigenvalue weighted by Gasteiger charge is -2.19. The molecule has 0 aliphatic heterocycles. The molecule has 0 spiro atoms. The van der Waals surface area contributed by atoms with Crippen LogP contribution in [0.5, 0.6) is 0 Å². The van der Waals surface area contributed by atoms with Gasteiger partial charge < -0.3 is 15.7 Å². The molecule has 0 radical (unpaired) electrons. The second kappa shape index (κ2) is 7.92. The Bertz CT molecular complexity index is 1090. The van der Waals surface area contributed by atoms with Gasteiger partial charge in [0, 0.05) is 17.5 Å². The van der Waals surface area contributed by atoms with E-state index in [1.165, 1.54) is 18.2 Å². The molecule has 0 saturated carbocycles. The molecule has 4 N–H and O–H groups in total. The molecule has 0 unspecified atom stereocenters. The summed E-state index contributed by atoms with van der Waals surface area (Å²) in [4.78, 5) is 16.2. The van der Waals surface area contributed by atoms with E-state index in [2.05, 4.69) is 25.8 Å². The first kappa shape index (κ1) is 20.3. The van der Waals surface area contributed by atoms with Gasteiger partial charge in [-0.1, -0.05) is 0 Å². The van der Waals surface area contributed by atoms with E-state index in [0.29, 0.717) is 10.9 Å². The summed E-state index contributed by atoms with van der Waals surface area (Å²) in [5.74, 6) is -3.39. The highest BCUT2D eigenvalue weighted by Crippen LogP contribution is 2.21. The van der Waals surface area contributed by atoms with Gasteiger partial charge in [0.25, 0.3) is 5.91 Å². The van der Waals surface area contributed by atoms with Gasteiger partial charge in [0.1, 0.15) is 5.82 Å². The van der Waals surface area contributed by atoms with Crippen LogP contribution in [0.25, 0.3) is 10.9 Å². The number of H-pyrrole nitrogens is 1. The topological polar surface area (TPSA) is 102 Å². The molecule has 29 heavy (non-hydrogen) atoms. The lowest BCUT2D eigenvalue weighted by atomic mass is 10.1. The van der Waals surface area contributed by atoms with Gasteiger partial charge in [0.15, 0.2) is 17.5 Å². The number of aliphatic hydroxyl groups is 1. The molecule has 3 aromatic rings. The van der Waals surface area contributed by atoms with E-state index < -0.39 is 29.0 Å². The third kappa shape index (κ3) is 5.11. The highest BCUT2D eigenvalue weighted by molar-refractivity contribution is 6.08. The van der Waals surface area contributed by atoms with E-state index in [1.807, 2.05) is 0 Å². The summed E-state index contributed by atoms with van der Waals surface area (Å²) in [5, 5.41) is 22.7. The summed E-state index contributed by atoms with van der Waals surface area (Å²) in [6.45, 7) is 3.10. The van der Waals surface area contributed by atoms with Crippen molar-refractivity contribution in [3.8, 4) is 0 Å². The van der Waals surface area contributed by atoms with Gasteiger partial charge in [-0.15, -0.1) is 0 Å². The minimum absolute atomic E-state index is 0.0148. The number of aliphatic imine (C=N–C) groups is 1. The first-order valence-corrected chi connectivity index (χ1v) is 8.57. The molecule has 3 rings (SSSR count). The number of aromatic amines is 1. The molecule has 1 aromatic heterocycles. The Morgan fingerprint density at radius 2 is 1.93 bits per heavy atom. The number of hydrogen-bond acceptors (Lipinski definition) is 3. The van der Waals surface area contributed by atoms with E-state index in [-0.39, 0.29) is 23.9 Å². The first-order chi connectivity index (χ1) is 13.6. The van der Waals surface area contributed by atoms with Gasteiger partial charge >= 0.3 is 0 Å². The van der Waals surface area contributed by atoms with Gasteiger partial charge in [-0.2, -0.15) is 10.1 Å². The third-order valence-electron chi connectivity index (χ3n) is 3.83. The Morgan fingerprint density at radius 1 is 1.17 bits per heavy atom. The van der Waals surface area contributed by atoms with Crippen LogP contribution in [0.1, 0.15) is 24.2 Å². The van der Waals surface area contributed by atoms with Crippen LogP contribution in [0.3, 0.4) is 0 Å². The molecule has 0 aliphatic rings. The van der Waals surface area contributed by atoms with Gasteiger partial charge in [-0.3, -0.25) is 9.89 Å². The lowest BCUT2D eigenvalue weighted by Crippen LogP contribution is -2.41. The number of nitrogens with zero attached hydrogens (tertiary/aromatic N) is 2. The summed E-state index contributed by atoms with van der Waals surface area (Å²) >= 11 is 0. The molecule has 7 nitrogen and oxygen atoms in total. The number of anilines is 1. The Labute approximate surface area is 163 Å². The largest absolute Gasteiger partial charge is 0.389 e. The predicted molar refractivity (Wildman–Crippen MR) is 102 cm³/mol. The minimum atomic E-state index is -1.18. The van der Waals surface area contributed by atoms with Crippen molar-refractivity contribution in [3.05, 3.63) is 59.4 Å². The van der Waals surface area contributed by atoms with Crippen molar-refractivity contribution in [2.75, 3.05) is 11.9 Å². The fourth-order valence-electron chi connectivity index (χ4n) is 2.41. The van der Waals surface area contributed by atoms with Crippen LogP contribution in [0, 0.1) is 17.5 Å². The van der Waals surface area contributed by atoms with E-state index in [1.54, 1.807) is 13.8 Å². The average Bonchev–Trinajstić information content (AvgIpc) is 3.03. The monoisotopic (exact) mass is 405 g/mol. The number of carbonyl (C=O) groups is 1. The molecule has 152 valence electrons. The molecule has 0 saturated heterocycles. The maximum absolute atomic E-state index is 13.4. The van der Waals surface area contributed by atoms with Crippen molar-refractivity contribution in [2.45, 2.75) is 19.4 Å². The number of aromatic nitrogens is 2. The van der Waals surface area contributed by atoms with Crippen LogP contribution in [0.4, 0.5) is 19.0 Å². The van der Waals surface area contributed by atoms with Gasteiger partial charge in [-0.25, -0.2) is 13.2 Å². The normalized spacial score (nSPS) is 12.3. The van der Waals surface area contributed by atoms with E-state index in [4.69, 9.17) is 0 Å². The Kier molecular flexibility index (Phi) is 5.55. The highest BCUT2D eigenvalue weighted by Gasteiger charge is 2.17. The minimum Gasteiger partial charge on any atom is -0.389 e. The molecular weight excluding hydrogens is 387 g/mol.